The number of carbonyl (C=O) groups excluding carboxylic acids is 1. The zero-order valence-corrected chi connectivity index (χ0v) is 10.5. The molecule has 3 nitrogen and oxygen atoms in total. The highest BCUT2D eigenvalue weighted by Crippen LogP contribution is 2.31. The zero-order valence-electron chi connectivity index (χ0n) is 10.5. The van der Waals surface area contributed by atoms with Gasteiger partial charge in [0.1, 0.15) is 5.75 Å². The molecule has 92 valence electrons. The Morgan fingerprint density at radius 2 is 2.18 bits per heavy atom. The summed E-state index contributed by atoms with van der Waals surface area (Å²) in [5.41, 5.74) is 2.14. The summed E-state index contributed by atoms with van der Waals surface area (Å²) in [7, 11) is 1.66. The number of nitrogens with zero attached hydrogens (tertiary/aromatic N) is 1. The molecule has 0 N–H and O–H groups in total. The van der Waals surface area contributed by atoms with E-state index in [2.05, 4.69) is 13.0 Å². The van der Waals surface area contributed by atoms with Crippen LogP contribution in [0.1, 0.15) is 31.7 Å². The molecule has 1 heterocycles. The maximum Gasteiger partial charge on any atom is 0.227 e. The summed E-state index contributed by atoms with van der Waals surface area (Å²) in [6.07, 6.45) is 3.71. The first-order valence-electron chi connectivity index (χ1n) is 6.23. The van der Waals surface area contributed by atoms with Crippen LogP contribution in [0.25, 0.3) is 0 Å². The predicted molar refractivity (Wildman–Crippen MR) is 68.6 cm³/mol. The summed E-state index contributed by atoms with van der Waals surface area (Å²) < 4.78 is 5.40. The number of amides is 1. The average molecular weight is 233 g/mol. The minimum atomic E-state index is 0.207. The number of methoxy groups -OCH3 is 1. The SMILES string of the molecule is CCc1ccc(N2CCCCC2=O)c(OC)c1. The van der Waals surface area contributed by atoms with Gasteiger partial charge in [0.25, 0.3) is 0 Å². The second-order valence-corrected chi connectivity index (χ2v) is 4.36. The first-order chi connectivity index (χ1) is 8.26. The standard InChI is InChI=1S/C14H19NO2/c1-3-11-7-8-12(13(10-11)17-2)15-9-5-4-6-14(15)16/h7-8,10H,3-6,9H2,1-2H3. The van der Waals surface area contributed by atoms with Gasteiger partial charge in [-0.3, -0.25) is 4.79 Å². The molecule has 0 unspecified atom stereocenters. The molecule has 2 rings (SSSR count). The van der Waals surface area contributed by atoms with Crippen molar-refractivity contribution in [3.05, 3.63) is 23.8 Å². The molecule has 0 aromatic heterocycles. The van der Waals surface area contributed by atoms with Gasteiger partial charge in [0.05, 0.1) is 12.8 Å². The van der Waals surface area contributed by atoms with Crippen LogP contribution in [0.2, 0.25) is 0 Å². The molecule has 17 heavy (non-hydrogen) atoms. The lowest BCUT2D eigenvalue weighted by Crippen LogP contribution is -2.35. The molecule has 3 heteroatoms. The zero-order chi connectivity index (χ0) is 12.3. The number of hydrogen-bond acceptors (Lipinski definition) is 2. The molecule has 1 aliphatic heterocycles. The summed E-state index contributed by atoms with van der Waals surface area (Å²) in [6, 6.07) is 6.10. The van der Waals surface area contributed by atoms with Crippen molar-refractivity contribution in [2.24, 2.45) is 0 Å². The Labute approximate surface area is 102 Å². The van der Waals surface area contributed by atoms with E-state index in [1.807, 2.05) is 17.0 Å². The summed E-state index contributed by atoms with van der Waals surface area (Å²) in [5.74, 6) is 1.01. The predicted octanol–water partition coefficient (Wildman–Crippen LogP) is 2.77. The van der Waals surface area contributed by atoms with Gasteiger partial charge in [0.15, 0.2) is 0 Å². The minimum absolute atomic E-state index is 0.207. The number of rotatable bonds is 3. The molecule has 0 atom stereocenters. The molecule has 0 spiro atoms. The Hall–Kier alpha value is -1.51. The van der Waals surface area contributed by atoms with E-state index in [0.717, 1.165) is 37.2 Å². The number of benzene rings is 1. The van der Waals surface area contributed by atoms with Crippen LogP contribution in [0.4, 0.5) is 5.69 Å². The number of piperidine rings is 1. The molecule has 0 bridgehead atoms. The molecular formula is C14H19NO2. The van der Waals surface area contributed by atoms with E-state index in [0.29, 0.717) is 6.42 Å². The quantitative estimate of drug-likeness (QED) is 0.803. The summed E-state index contributed by atoms with van der Waals surface area (Å²) in [4.78, 5) is 13.7. The van der Waals surface area contributed by atoms with E-state index in [1.165, 1.54) is 5.56 Å². The maximum absolute atomic E-state index is 11.9. The van der Waals surface area contributed by atoms with Crippen molar-refractivity contribution in [3.8, 4) is 5.75 Å². The van der Waals surface area contributed by atoms with Crippen LogP contribution in [-0.4, -0.2) is 19.6 Å². The molecule has 1 amide bonds. The van der Waals surface area contributed by atoms with Crippen molar-refractivity contribution in [1.29, 1.82) is 0 Å². The van der Waals surface area contributed by atoms with Gasteiger partial charge in [-0.05, 0) is 37.0 Å². The number of aryl methyl sites for hydroxylation is 1. The lowest BCUT2D eigenvalue weighted by atomic mass is 10.1. The van der Waals surface area contributed by atoms with Gasteiger partial charge in [-0.15, -0.1) is 0 Å². The highest BCUT2D eigenvalue weighted by atomic mass is 16.5. The normalized spacial score (nSPS) is 16.1. The van der Waals surface area contributed by atoms with Gasteiger partial charge in [0.2, 0.25) is 5.91 Å². The van der Waals surface area contributed by atoms with E-state index < -0.39 is 0 Å². The Morgan fingerprint density at radius 1 is 1.35 bits per heavy atom. The Bertz CT molecular complexity index is 415. The fourth-order valence-electron chi connectivity index (χ4n) is 2.23. The van der Waals surface area contributed by atoms with Gasteiger partial charge < -0.3 is 9.64 Å². The van der Waals surface area contributed by atoms with Crippen LogP contribution >= 0.6 is 0 Å². The van der Waals surface area contributed by atoms with E-state index in [9.17, 15) is 4.79 Å². The monoisotopic (exact) mass is 233 g/mol. The average Bonchev–Trinajstić information content (AvgIpc) is 2.38. The van der Waals surface area contributed by atoms with Gasteiger partial charge in [-0.1, -0.05) is 13.0 Å². The van der Waals surface area contributed by atoms with Crippen molar-refractivity contribution in [3.63, 3.8) is 0 Å². The van der Waals surface area contributed by atoms with E-state index in [-0.39, 0.29) is 5.91 Å². The minimum Gasteiger partial charge on any atom is -0.495 e. The number of hydrogen-bond donors (Lipinski definition) is 0. The number of anilines is 1. The third kappa shape index (κ3) is 2.43. The smallest absolute Gasteiger partial charge is 0.227 e. The molecule has 0 aliphatic carbocycles. The van der Waals surface area contributed by atoms with Crippen LogP contribution in [0, 0.1) is 0 Å². The van der Waals surface area contributed by atoms with Crippen molar-refractivity contribution >= 4 is 11.6 Å². The Kier molecular flexibility index (Phi) is 3.67. The molecule has 1 aromatic rings. The van der Waals surface area contributed by atoms with Gasteiger partial charge in [0, 0.05) is 13.0 Å². The van der Waals surface area contributed by atoms with Crippen LogP contribution in [0.3, 0.4) is 0 Å². The molecule has 1 saturated heterocycles. The fourth-order valence-corrected chi connectivity index (χ4v) is 2.23. The highest BCUT2D eigenvalue weighted by Gasteiger charge is 2.22. The third-order valence-electron chi connectivity index (χ3n) is 3.27. The second kappa shape index (κ2) is 5.21. The van der Waals surface area contributed by atoms with Crippen molar-refractivity contribution < 1.29 is 9.53 Å². The third-order valence-corrected chi connectivity index (χ3v) is 3.27. The summed E-state index contributed by atoms with van der Waals surface area (Å²) >= 11 is 0. The van der Waals surface area contributed by atoms with Crippen LogP contribution in [-0.2, 0) is 11.2 Å². The van der Waals surface area contributed by atoms with Crippen molar-refractivity contribution in [2.45, 2.75) is 32.6 Å². The van der Waals surface area contributed by atoms with Crippen LogP contribution in [0.15, 0.2) is 18.2 Å². The lowest BCUT2D eigenvalue weighted by Gasteiger charge is -2.28. The molecular weight excluding hydrogens is 214 g/mol. The second-order valence-electron chi connectivity index (χ2n) is 4.36. The number of ether oxygens (including phenoxy) is 1. The van der Waals surface area contributed by atoms with Gasteiger partial charge in [-0.2, -0.15) is 0 Å². The Balaban J connectivity index is 2.33. The largest absolute Gasteiger partial charge is 0.495 e. The summed E-state index contributed by atoms with van der Waals surface area (Å²) in [6.45, 7) is 2.92. The molecule has 0 saturated carbocycles. The summed E-state index contributed by atoms with van der Waals surface area (Å²) in [5, 5.41) is 0. The molecule has 1 aromatic carbocycles. The first kappa shape index (κ1) is 12.0. The van der Waals surface area contributed by atoms with Crippen molar-refractivity contribution in [2.75, 3.05) is 18.6 Å². The van der Waals surface area contributed by atoms with Gasteiger partial charge in [-0.25, -0.2) is 0 Å². The van der Waals surface area contributed by atoms with E-state index in [1.54, 1.807) is 7.11 Å². The molecule has 1 aliphatic rings. The molecule has 0 radical (unpaired) electrons. The topological polar surface area (TPSA) is 29.5 Å². The fraction of sp³-hybridized carbons (Fsp3) is 0.500. The highest BCUT2D eigenvalue weighted by molar-refractivity contribution is 5.95. The lowest BCUT2D eigenvalue weighted by molar-refractivity contribution is -0.119. The van der Waals surface area contributed by atoms with Crippen molar-refractivity contribution in [1.82, 2.24) is 0 Å². The number of carbonyl (C=O) groups is 1. The Morgan fingerprint density at radius 3 is 2.82 bits per heavy atom. The first-order valence-corrected chi connectivity index (χ1v) is 6.23. The van der Waals surface area contributed by atoms with E-state index >= 15 is 0 Å². The maximum atomic E-state index is 11.9. The molecule has 1 fully saturated rings. The van der Waals surface area contributed by atoms with Crippen LogP contribution in [0.5, 0.6) is 5.75 Å². The van der Waals surface area contributed by atoms with Gasteiger partial charge >= 0.3 is 0 Å². The van der Waals surface area contributed by atoms with Crippen LogP contribution < -0.4 is 9.64 Å². The van der Waals surface area contributed by atoms with E-state index in [4.69, 9.17) is 4.74 Å².